The number of benzene rings is 1. The van der Waals surface area contributed by atoms with Crippen LogP contribution in [0.2, 0.25) is 0 Å². The lowest BCUT2D eigenvalue weighted by atomic mass is 10.0. The average molecular weight is 383 g/mol. The number of aromatic nitrogens is 2. The zero-order valence-corrected chi connectivity index (χ0v) is 16.7. The SMILES string of the molecule is COc1ccccc1C(=O)N1CCN(Cc2cnc(CC3CCCC3)[nH]2)CC1. The van der Waals surface area contributed by atoms with Crippen molar-refractivity contribution in [3.8, 4) is 5.75 Å². The molecule has 0 radical (unpaired) electrons. The number of H-pyrrole nitrogens is 1. The summed E-state index contributed by atoms with van der Waals surface area (Å²) >= 11 is 0. The molecule has 1 aliphatic heterocycles. The minimum atomic E-state index is 0.0532. The van der Waals surface area contributed by atoms with E-state index in [1.54, 1.807) is 7.11 Å². The summed E-state index contributed by atoms with van der Waals surface area (Å²) in [6.45, 7) is 4.09. The highest BCUT2D eigenvalue weighted by molar-refractivity contribution is 5.97. The zero-order valence-electron chi connectivity index (χ0n) is 16.7. The topological polar surface area (TPSA) is 61.5 Å². The van der Waals surface area contributed by atoms with E-state index in [9.17, 15) is 4.79 Å². The van der Waals surface area contributed by atoms with Crippen LogP contribution in [0.15, 0.2) is 30.5 Å². The monoisotopic (exact) mass is 382 g/mol. The molecule has 2 aliphatic rings. The Hall–Kier alpha value is -2.34. The number of imidazole rings is 1. The van der Waals surface area contributed by atoms with Gasteiger partial charge in [-0.1, -0.05) is 37.8 Å². The lowest BCUT2D eigenvalue weighted by Crippen LogP contribution is -2.48. The summed E-state index contributed by atoms with van der Waals surface area (Å²) < 4.78 is 5.34. The first-order valence-corrected chi connectivity index (χ1v) is 10.4. The smallest absolute Gasteiger partial charge is 0.257 e. The number of carbonyl (C=O) groups excluding carboxylic acids is 1. The van der Waals surface area contributed by atoms with E-state index < -0.39 is 0 Å². The number of aromatic amines is 1. The fraction of sp³-hybridized carbons (Fsp3) is 0.545. The molecule has 1 saturated carbocycles. The minimum Gasteiger partial charge on any atom is -0.496 e. The maximum Gasteiger partial charge on any atom is 0.257 e. The Morgan fingerprint density at radius 1 is 1.18 bits per heavy atom. The number of amides is 1. The van der Waals surface area contributed by atoms with E-state index in [4.69, 9.17) is 4.74 Å². The van der Waals surface area contributed by atoms with Gasteiger partial charge in [0.15, 0.2) is 0 Å². The first-order chi connectivity index (χ1) is 13.7. The van der Waals surface area contributed by atoms with Crippen molar-refractivity contribution in [3.05, 3.63) is 47.5 Å². The number of para-hydroxylation sites is 1. The number of hydrogen-bond acceptors (Lipinski definition) is 4. The molecule has 2 aromatic rings. The van der Waals surface area contributed by atoms with E-state index in [1.165, 1.54) is 31.4 Å². The quantitative estimate of drug-likeness (QED) is 0.834. The normalized spacial score (nSPS) is 18.5. The molecule has 1 N–H and O–H groups in total. The number of rotatable bonds is 6. The number of nitrogens with zero attached hydrogens (tertiary/aromatic N) is 3. The average Bonchev–Trinajstić information content (AvgIpc) is 3.40. The van der Waals surface area contributed by atoms with Crippen molar-refractivity contribution < 1.29 is 9.53 Å². The van der Waals surface area contributed by atoms with Crippen LogP contribution in [0.25, 0.3) is 0 Å². The van der Waals surface area contributed by atoms with Crippen molar-refractivity contribution in [1.29, 1.82) is 0 Å². The molecule has 0 atom stereocenters. The first-order valence-electron chi connectivity index (χ1n) is 10.4. The number of nitrogens with one attached hydrogen (secondary N) is 1. The number of ether oxygens (including phenoxy) is 1. The molecule has 150 valence electrons. The van der Waals surface area contributed by atoms with Gasteiger partial charge in [-0.3, -0.25) is 9.69 Å². The van der Waals surface area contributed by atoms with E-state index >= 15 is 0 Å². The van der Waals surface area contributed by atoms with Crippen LogP contribution in [0.4, 0.5) is 0 Å². The maximum absolute atomic E-state index is 12.8. The van der Waals surface area contributed by atoms with E-state index in [0.29, 0.717) is 11.3 Å². The Morgan fingerprint density at radius 3 is 2.68 bits per heavy atom. The van der Waals surface area contributed by atoms with Crippen LogP contribution in [0.5, 0.6) is 5.75 Å². The summed E-state index contributed by atoms with van der Waals surface area (Å²) in [6, 6.07) is 7.45. The molecule has 2 fully saturated rings. The minimum absolute atomic E-state index is 0.0532. The van der Waals surface area contributed by atoms with Gasteiger partial charge in [-0.2, -0.15) is 0 Å². The Morgan fingerprint density at radius 2 is 1.93 bits per heavy atom. The molecule has 2 heterocycles. The van der Waals surface area contributed by atoms with Gasteiger partial charge < -0.3 is 14.6 Å². The highest BCUT2D eigenvalue weighted by atomic mass is 16.5. The van der Waals surface area contributed by atoms with E-state index in [0.717, 1.165) is 50.9 Å². The molecule has 6 nitrogen and oxygen atoms in total. The van der Waals surface area contributed by atoms with Gasteiger partial charge in [0, 0.05) is 51.0 Å². The summed E-state index contributed by atoms with van der Waals surface area (Å²) in [5, 5.41) is 0. The molecule has 0 spiro atoms. The van der Waals surface area contributed by atoms with Crippen molar-refractivity contribution in [3.63, 3.8) is 0 Å². The van der Waals surface area contributed by atoms with Crippen LogP contribution in [0.1, 0.15) is 47.6 Å². The second-order valence-electron chi connectivity index (χ2n) is 7.98. The number of methoxy groups -OCH3 is 1. The molecule has 4 rings (SSSR count). The Kier molecular flexibility index (Phi) is 5.95. The van der Waals surface area contributed by atoms with Gasteiger partial charge in [-0.05, 0) is 18.1 Å². The van der Waals surface area contributed by atoms with Crippen molar-refractivity contribution in [2.75, 3.05) is 33.3 Å². The first kappa shape index (κ1) is 19.0. The van der Waals surface area contributed by atoms with Crippen molar-refractivity contribution in [2.24, 2.45) is 5.92 Å². The van der Waals surface area contributed by atoms with Crippen LogP contribution in [-0.4, -0.2) is 59.0 Å². The zero-order chi connectivity index (χ0) is 19.3. The van der Waals surface area contributed by atoms with Gasteiger partial charge in [0.2, 0.25) is 0 Å². The summed E-state index contributed by atoms with van der Waals surface area (Å²) in [4.78, 5) is 25.2. The van der Waals surface area contributed by atoms with E-state index in [1.807, 2.05) is 35.4 Å². The fourth-order valence-corrected chi connectivity index (χ4v) is 4.42. The maximum atomic E-state index is 12.8. The van der Waals surface area contributed by atoms with Gasteiger partial charge >= 0.3 is 0 Å². The second-order valence-corrected chi connectivity index (χ2v) is 7.98. The van der Waals surface area contributed by atoms with Crippen LogP contribution < -0.4 is 4.74 Å². The summed E-state index contributed by atoms with van der Waals surface area (Å²) in [7, 11) is 1.61. The summed E-state index contributed by atoms with van der Waals surface area (Å²) in [5.74, 6) is 2.63. The third-order valence-electron chi connectivity index (χ3n) is 6.03. The molecule has 0 bridgehead atoms. The molecule has 6 heteroatoms. The van der Waals surface area contributed by atoms with Crippen molar-refractivity contribution in [2.45, 2.75) is 38.6 Å². The standard InChI is InChI=1S/C22H30N4O2/c1-28-20-9-5-4-8-19(20)22(27)26-12-10-25(11-13-26)16-18-15-23-21(24-18)14-17-6-2-3-7-17/h4-5,8-9,15,17H,2-3,6-7,10-14,16H2,1H3,(H,23,24). The Balaban J connectivity index is 1.28. The molecule has 1 saturated heterocycles. The number of hydrogen-bond donors (Lipinski definition) is 1. The highest BCUT2D eigenvalue weighted by Gasteiger charge is 2.24. The molecule has 0 unspecified atom stereocenters. The Bertz CT molecular complexity index is 789. The molecule has 28 heavy (non-hydrogen) atoms. The van der Waals surface area contributed by atoms with Crippen LogP contribution in [0, 0.1) is 5.92 Å². The van der Waals surface area contributed by atoms with Gasteiger partial charge in [0.25, 0.3) is 5.91 Å². The lowest BCUT2D eigenvalue weighted by molar-refractivity contribution is 0.0624. The van der Waals surface area contributed by atoms with Crippen molar-refractivity contribution in [1.82, 2.24) is 19.8 Å². The fourth-order valence-electron chi connectivity index (χ4n) is 4.42. The van der Waals surface area contributed by atoms with E-state index in [2.05, 4.69) is 14.9 Å². The third-order valence-corrected chi connectivity index (χ3v) is 6.03. The molecular formula is C22H30N4O2. The largest absolute Gasteiger partial charge is 0.496 e. The highest BCUT2D eigenvalue weighted by Crippen LogP contribution is 2.27. The van der Waals surface area contributed by atoms with Gasteiger partial charge in [0.05, 0.1) is 12.7 Å². The third kappa shape index (κ3) is 4.38. The molecule has 1 aromatic carbocycles. The second kappa shape index (κ2) is 8.78. The number of piperazine rings is 1. The molecule has 1 aromatic heterocycles. The molecular weight excluding hydrogens is 352 g/mol. The van der Waals surface area contributed by atoms with Gasteiger partial charge in [-0.25, -0.2) is 4.98 Å². The predicted octanol–water partition coefficient (Wildman–Crippen LogP) is 3.11. The van der Waals surface area contributed by atoms with Gasteiger partial charge in [-0.15, -0.1) is 0 Å². The van der Waals surface area contributed by atoms with Crippen LogP contribution in [-0.2, 0) is 13.0 Å². The van der Waals surface area contributed by atoms with E-state index in [-0.39, 0.29) is 5.91 Å². The Labute approximate surface area is 166 Å². The molecule has 1 aliphatic carbocycles. The lowest BCUT2D eigenvalue weighted by Gasteiger charge is -2.34. The summed E-state index contributed by atoms with van der Waals surface area (Å²) in [5.41, 5.74) is 1.82. The van der Waals surface area contributed by atoms with Crippen molar-refractivity contribution >= 4 is 5.91 Å². The predicted molar refractivity (Wildman–Crippen MR) is 108 cm³/mol. The molecule has 1 amide bonds. The number of carbonyl (C=O) groups is 1. The van der Waals surface area contributed by atoms with Crippen LogP contribution >= 0.6 is 0 Å². The summed E-state index contributed by atoms with van der Waals surface area (Å²) in [6.07, 6.45) is 8.50. The van der Waals surface area contributed by atoms with Gasteiger partial charge in [0.1, 0.15) is 11.6 Å². The van der Waals surface area contributed by atoms with Crippen LogP contribution in [0.3, 0.4) is 0 Å².